The van der Waals surface area contributed by atoms with Crippen molar-refractivity contribution in [1.82, 2.24) is 14.8 Å². The van der Waals surface area contributed by atoms with E-state index < -0.39 is 5.54 Å². The predicted octanol–water partition coefficient (Wildman–Crippen LogP) is 1.66. The summed E-state index contributed by atoms with van der Waals surface area (Å²) in [6, 6.07) is 5.86. The van der Waals surface area contributed by atoms with Crippen molar-refractivity contribution in [3.63, 3.8) is 0 Å². The van der Waals surface area contributed by atoms with Crippen LogP contribution in [0.15, 0.2) is 18.2 Å². The summed E-state index contributed by atoms with van der Waals surface area (Å²) >= 11 is 0. The summed E-state index contributed by atoms with van der Waals surface area (Å²) in [6.07, 6.45) is 1.43. The third-order valence-electron chi connectivity index (χ3n) is 5.83. The molecule has 7 nitrogen and oxygen atoms in total. The van der Waals surface area contributed by atoms with Crippen LogP contribution in [0.2, 0.25) is 0 Å². The molecule has 144 valence electrons. The van der Waals surface area contributed by atoms with Crippen molar-refractivity contribution in [2.24, 2.45) is 0 Å². The van der Waals surface area contributed by atoms with Gasteiger partial charge in [-0.25, -0.2) is 0 Å². The highest BCUT2D eigenvalue weighted by Gasteiger charge is 2.53. The van der Waals surface area contributed by atoms with Crippen LogP contribution < -0.4 is 4.74 Å². The molecule has 1 saturated heterocycles. The Morgan fingerprint density at radius 2 is 2.07 bits per heavy atom. The number of aromatic nitrogens is 1. The summed E-state index contributed by atoms with van der Waals surface area (Å²) in [4.78, 5) is 33.1. The molecule has 1 fully saturated rings. The summed E-state index contributed by atoms with van der Waals surface area (Å²) in [5.74, 6) is 0.748. The number of H-pyrrole nitrogens is 1. The quantitative estimate of drug-likeness (QED) is 0.811. The van der Waals surface area contributed by atoms with Crippen molar-refractivity contribution in [1.29, 1.82) is 0 Å². The summed E-state index contributed by atoms with van der Waals surface area (Å²) in [5, 5.41) is 1.06. The van der Waals surface area contributed by atoms with Gasteiger partial charge in [0.15, 0.2) is 5.54 Å². The number of amides is 2. The number of nitrogens with one attached hydrogen (secondary N) is 1. The Morgan fingerprint density at radius 1 is 1.26 bits per heavy atom. The fourth-order valence-electron chi connectivity index (χ4n) is 4.42. The Kier molecular flexibility index (Phi) is 4.34. The third kappa shape index (κ3) is 2.60. The number of methoxy groups -OCH3 is 2. The third-order valence-corrected chi connectivity index (χ3v) is 5.83. The summed E-state index contributed by atoms with van der Waals surface area (Å²) in [7, 11) is 3.28. The van der Waals surface area contributed by atoms with Gasteiger partial charge in [0.1, 0.15) is 5.75 Å². The van der Waals surface area contributed by atoms with Crippen molar-refractivity contribution in [3.8, 4) is 5.75 Å². The number of benzene rings is 1. The second kappa shape index (κ2) is 6.56. The van der Waals surface area contributed by atoms with Crippen LogP contribution in [0.1, 0.15) is 24.6 Å². The maximum atomic E-state index is 13.4. The van der Waals surface area contributed by atoms with Gasteiger partial charge in [0.2, 0.25) is 5.91 Å². The first-order chi connectivity index (χ1) is 13.0. The van der Waals surface area contributed by atoms with Crippen molar-refractivity contribution in [2.75, 3.05) is 40.5 Å². The number of nitrogens with zero attached hydrogens (tertiary/aromatic N) is 2. The molecule has 1 aromatic heterocycles. The highest BCUT2D eigenvalue weighted by molar-refractivity contribution is 6.00. The Labute approximate surface area is 158 Å². The van der Waals surface area contributed by atoms with E-state index in [1.165, 1.54) is 0 Å². The molecule has 2 aliphatic rings. The number of carbonyl (C=O) groups excluding carboxylic acids is 2. The summed E-state index contributed by atoms with van der Waals surface area (Å²) < 4.78 is 10.5. The molecule has 27 heavy (non-hydrogen) atoms. The van der Waals surface area contributed by atoms with Gasteiger partial charge in [0, 0.05) is 37.7 Å². The molecular weight excluding hydrogens is 346 g/mol. The van der Waals surface area contributed by atoms with E-state index in [4.69, 9.17) is 9.47 Å². The van der Waals surface area contributed by atoms with Crippen LogP contribution in [0.5, 0.6) is 5.75 Å². The molecule has 0 spiro atoms. The van der Waals surface area contributed by atoms with Crippen LogP contribution in [-0.2, 0) is 26.3 Å². The van der Waals surface area contributed by atoms with E-state index in [0.29, 0.717) is 26.1 Å². The molecule has 1 atom stereocenters. The monoisotopic (exact) mass is 371 g/mol. The number of carbonyl (C=O) groups is 2. The standard InChI is InChI=1S/C20H25N3O4/c1-20-18-14(15-11-13(27-3)5-6-16(15)21-18)7-9-23(20)17(24)12-22(19(20)25)8-4-10-26-2/h5-6,11,21H,4,7-10,12H2,1-3H3/t20-/m1/s1. The van der Waals surface area contributed by atoms with Crippen molar-refractivity contribution >= 4 is 22.7 Å². The molecule has 0 saturated carbocycles. The molecule has 0 bridgehead atoms. The fourth-order valence-corrected chi connectivity index (χ4v) is 4.42. The minimum absolute atomic E-state index is 0.00333. The predicted molar refractivity (Wildman–Crippen MR) is 101 cm³/mol. The summed E-state index contributed by atoms with van der Waals surface area (Å²) in [6.45, 7) is 3.63. The Bertz CT molecular complexity index is 906. The zero-order valence-electron chi connectivity index (χ0n) is 16.0. The zero-order valence-corrected chi connectivity index (χ0v) is 16.0. The maximum Gasteiger partial charge on any atom is 0.254 e. The molecule has 3 heterocycles. The number of ether oxygens (including phenoxy) is 2. The molecule has 0 unspecified atom stereocenters. The summed E-state index contributed by atoms with van der Waals surface area (Å²) in [5.41, 5.74) is 1.89. The number of hydrogen-bond acceptors (Lipinski definition) is 4. The van der Waals surface area contributed by atoms with Gasteiger partial charge in [-0.15, -0.1) is 0 Å². The lowest BCUT2D eigenvalue weighted by molar-refractivity contribution is -0.166. The number of fused-ring (bicyclic) bond motifs is 5. The molecule has 7 heteroatoms. The Hall–Kier alpha value is -2.54. The van der Waals surface area contributed by atoms with Crippen molar-refractivity contribution in [3.05, 3.63) is 29.5 Å². The van der Waals surface area contributed by atoms with Crippen LogP contribution in [0.25, 0.3) is 10.9 Å². The molecule has 4 rings (SSSR count). The molecular formula is C20H25N3O4. The van der Waals surface area contributed by atoms with E-state index in [0.717, 1.165) is 34.3 Å². The molecule has 2 aliphatic heterocycles. The van der Waals surface area contributed by atoms with Gasteiger partial charge in [-0.2, -0.15) is 0 Å². The van der Waals surface area contributed by atoms with E-state index in [9.17, 15) is 9.59 Å². The van der Waals surface area contributed by atoms with Crippen LogP contribution in [0, 0.1) is 0 Å². The molecule has 2 amide bonds. The zero-order chi connectivity index (χ0) is 19.2. The van der Waals surface area contributed by atoms with Crippen LogP contribution in [-0.4, -0.2) is 67.1 Å². The largest absolute Gasteiger partial charge is 0.497 e. The van der Waals surface area contributed by atoms with Crippen molar-refractivity contribution < 1.29 is 19.1 Å². The van der Waals surface area contributed by atoms with Crippen molar-refractivity contribution in [2.45, 2.75) is 25.3 Å². The molecule has 1 aromatic carbocycles. The highest BCUT2D eigenvalue weighted by Crippen LogP contribution is 2.42. The first-order valence-electron chi connectivity index (χ1n) is 9.28. The van der Waals surface area contributed by atoms with E-state index >= 15 is 0 Å². The van der Waals surface area contributed by atoms with Crippen LogP contribution in [0.3, 0.4) is 0 Å². The Morgan fingerprint density at radius 3 is 2.81 bits per heavy atom. The molecule has 1 N–H and O–H groups in total. The highest BCUT2D eigenvalue weighted by atomic mass is 16.5. The van der Waals surface area contributed by atoms with E-state index in [2.05, 4.69) is 4.98 Å². The van der Waals surface area contributed by atoms with E-state index in [1.54, 1.807) is 24.0 Å². The molecule has 0 radical (unpaired) electrons. The van der Waals surface area contributed by atoms with Gasteiger partial charge < -0.3 is 24.3 Å². The minimum Gasteiger partial charge on any atom is -0.497 e. The first kappa shape index (κ1) is 17.9. The van der Waals surface area contributed by atoms with E-state index in [-0.39, 0.29) is 18.4 Å². The minimum atomic E-state index is -0.998. The maximum absolute atomic E-state index is 13.4. The number of aromatic amines is 1. The molecule has 2 aromatic rings. The smallest absolute Gasteiger partial charge is 0.254 e. The van der Waals surface area contributed by atoms with Gasteiger partial charge in [0.05, 0.1) is 19.3 Å². The van der Waals surface area contributed by atoms with Gasteiger partial charge in [-0.1, -0.05) is 0 Å². The first-order valence-corrected chi connectivity index (χ1v) is 9.28. The number of hydrogen-bond donors (Lipinski definition) is 1. The second-order valence-electron chi connectivity index (χ2n) is 7.33. The van der Waals surface area contributed by atoms with Gasteiger partial charge in [0.25, 0.3) is 5.91 Å². The van der Waals surface area contributed by atoms with Gasteiger partial charge >= 0.3 is 0 Å². The normalized spacial score (nSPS) is 22.2. The number of rotatable bonds is 5. The van der Waals surface area contributed by atoms with Crippen LogP contribution >= 0.6 is 0 Å². The lowest BCUT2D eigenvalue weighted by Crippen LogP contribution is -2.67. The average molecular weight is 371 g/mol. The fraction of sp³-hybridized carbons (Fsp3) is 0.500. The lowest BCUT2D eigenvalue weighted by Gasteiger charge is -2.49. The molecule has 0 aliphatic carbocycles. The van der Waals surface area contributed by atoms with Gasteiger partial charge in [-0.05, 0) is 43.5 Å². The Balaban J connectivity index is 1.78. The lowest BCUT2D eigenvalue weighted by atomic mass is 9.83. The van der Waals surface area contributed by atoms with Crippen LogP contribution in [0.4, 0.5) is 0 Å². The van der Waals surface area contributed by atoms with E-state index in [1.807, 2.05) is 25.1 Å². The number of piperazine rings is 1. The SMILES string of the molecule is COCCCN1CC(=O)N2CCc3c([nH]c4ccc(OC)cc34)[C@]2(C)C1=O. The van der Waals surface area contributed by atoms with Gasteiger partial charge in [-0.3, -0.25) is 9.59 Å². The second-order valence-corrected chi connectivity index (χ2v) is 7.33. The topological polar surface area (TPSA) is 74.9 Å². The average Bonchev–Trinajstić information content (AvgIpc) is 3.05.